The molecule has 2 aromatic carbocycles. The summed E-state index contributed by atoms with van der Waals surface area (Å²) >= 11 is 1.61. The first-order valence-electron chi connectivity index (χ1n) is 12.3. The van der Waals surface area contributed by atoms with Crippen molar-refractivity contribution in [1.82, 2.24) is 4.90 Å². The zero-order valence-corrected chi connectivity index (χ0v) is 21.8. The van der Waals surface area contributed by atoms with E-state index in [0.717, 1.165) is 41.9 Å². The normalized spacial score (nSPS) is 22.9. The number of anilines is 1. The molecule has 1 amide bonds. The van der Waals surface area contributed by atoms with Crippen LogP contribution in [0.5, 0.6) is 0 Å². The fourth-order valence-electron chi connectivity index (χ4n) is 5.65. The Kier molecular flexibility index (Phi) is 6.31. The number of nitrogens with zero attached hydrogens (tertiary/aromatic N) is 4. The average molecular weight is 498 g/mol. The van der Waals surface area contributed by atoms with E-state index in [1.54, 1.807) is 24.5 Å². The number of amides is 1. The Morgan fingerprint density at radius 3 is 2.58 bits per heavy atom. The molecule has 1 fully saturated rings. The van der Waals surface area contributed by atoms with E-state index in [1.165, 1.54) is 16.2 Å². The van der Waals surface area contributed by atoms with Crippen LogP contribution in [0.1, 0.15) is 35.8 Å². The van der Waals surface area contributed by atoms with Gasteiger partial charge in [-0.15, -0.1) is 11.3 Å². The molecule has 0 bridgehead atoms. The molecule has 36 heavy (non-hydrogen) atoms. The fraction of sp³-hybridized carbons (Fsp3) is 0.345. The number of carbonyl (C=O) groups excluding carboxylic acids is 1. The Morgan fingerprint density at radius 1 is 1.11 bits per heavy atom. The first-order valence-corrected chi connectivity index (χ1v) is 13.2. The van der Waals surface area contributed by atoms with Crippen molar-refractivity contribution in [3.63, 3.8) is 0 Å². The first kappa shape index (κ1) is 24.1. The van der Waals surface area contributed by atoms with E-state index in [4.69, 9.17) is 10.7 Å². The molecule has 3 aromatic rings. The van der Waals surface area contributed by atoms with Gasteiger partial charge in [-0.25, -0.2) is 4.99 Å². The van der Waals surface area contributed by atoms with E-state index in [1.807, 2.05) is 18.2 Å². The minimum absolute atomic E-state index is 0.0421. The quantitative estimate of drug-likeness (QED) is 0.541. The van der Waals surface area contributed by atoms with Gasteiger partial charge in [-0.2, -0.15) is 5.26 Å². The third-order valence-corrected chi connectivity index (χ3v) is 8.85. The summed E-state index contributed by atoms with van der Waals surface area (Å²) in [7, 11) is 1.73. The molecular weight excluding hydrogens is 466 g/mol. The number of aryl methyl sites for hydroxylation is 1. The molecule has 0 radical (unpaired) electrons. The van der Waals surface area contributed by atoms with Gasteiger partial charge in [-0.3, -0.25) is 9.69 Å². The molecule has 7 heteroatoms. The molecule has 2 aliphatic rings. The largest absolute Gasteiger partial charge is 0.372 e. The Hall–Kier alpha value is -3.63. The third-order valence-electron chi connectivity index (χ3n) is 7.69. The molecule has 2 aliphatic heterocycles. The summed E-state index contributed by atoms with van der Waals surface area (Å²) in [6.45, 7) is 6.00. The van der Waals surface area contributed by atoms with Gasteiger partial charge in [0.05, 0.1) is 17.6 Å². The topological polar surface area (TPSA) is 85.7 Å². The minimum atomic E-state index is -0.737. The maximum absolute atomic E-state index is 13.7. The lowest BCUT2D eigenvalue weighted by Crippen LogP contribution is -2.56. The lowest BCUT2D eigenvalue weighted by molar-refractivity contribution is -0.136. The number of aliphatic imine (C=N–C) groups is 1. The number of hydrogen-bond donors (Lipinski definition) is 1. The van der Waals surface area contributed by atoms with Crippen molar-refractivity contribution in [1.29, 1.82) is 5.26 Å². The van der Waals surface area contributed by atoms with E-state index in [-0.39, 0.29) is 23.7 Å². The van der Waals surface area contributed by atoms with Crippen molar-refractivity contribution in [2.24, 2.45) is 22.6 Å². The summed E-state index contributed by atoms with van der Waals surface area (Å²) in [6.07, 6.45) is 1.84. The first-order chi connectivity index (χ1) is 17.3. The van der Waals surface area contributed by atoms with Crippen molar-refractivity contribution < 1.29 is 4.79 Å². The van der Waals surface area contributed by atoms with Crippen molar-refractivity contribution in [3.05, 3.63) is 76.0 Å². The van der Waals surface area contributed by atoms with Crippen LogP contribution in [0, 0.1) is 30.1 Å². The van der Waals surface area contributed by atoms with Crippen molar-refractivity contribution in [2.45, 2.75) is 32.2 Å². The minimum Gasteiger partial charge on any atom is -0.372 e. The molecule has 1 aromatic heterocycles. The van der Waals surface area contributed by atoms with Crippen molar-refractivity contribution >= 4 is 28.9 Å². The summed E-state index contributed by atoms with van der Waals surface area (Å²) in [5.41, 5.74) is 10.7. The van der Waals surface area contributed by atoms with Gasteiger partial charge in [-0.05, 0) is 85.0 Å². The van der Waals surface area contributed by atoms with Crippen molar-refractivity contribution in [2.75, 3.05) is 25.0 Å². The van der Waals surface area contributed by atoms with Gasteiger partial charge in [0.1, 0.15) is 5.54 Å². The standard InChI is InChI=1S/C29H31N5OS/c1-19-6-4-9-24(14-19)34-12-10-21(11-13-34)26-27(35)33(3)28(31)32-29(26,2)25-16-23(18-36-25)22-8-5-7-20(15-22)17-30/h4-9,14-16,18,21,26H,10-13H2,1-3H3,(H2,31,32)/t26-,29-/m1/s1. The highest BCUT2D eigenvalue weighted by Crippen LogP contribution is 2.47. The number of nitriles is 1. The third kappa shape index (κ3) is 4.27. The molecule has 1 saturated heterocycles. The molecule has 0 spiro atoms. The predicted octanol–water partition coefficient (Wildman–Crippen LogP) is 5.13. The Balaban J connectivity index is 1.45. The zero-order valence-electron chi connectivity index (χ0n) is 20.9. The highest BCUT2D eigenvalue weighted by Gasteiger charge is 2.51. The second-order valence-corrected chi connectivity index (χ2v) is 11.0. The molecule has 6 nitrogen and oxygen atoms in total. The smallest absolute Gasteiger partial charge is 0.235 e. The lowest BCUT2D eigenvalue weighted by Gasteiger charge is -2.46. The van der Waals surface area contributed by atoms with Crippen LogP contribution in [0.3, 0.4) is 0 Å². The number of hydrogen-bond acceptors (Lipinski definition) is 6. The van der Waals surface area contributed by atoms with Gasteiger partial charge in [0.15, 0.2) is 5.96 Å². The van der Waals surface area contributed by atoms with E-state index in [2.05, 4.69) is 60.5 Å². The number of nitrogens with two attached hydrogens (primary N) is 1. The molecule has 0 aliphatic carbocycles. The van der Waals surface area contributed by atoms with Gasteiger partial charge in [0.2, 0.25) is 5.91 Å². The van der Waals surface area contributed by atoms with Gasteiger partial charge in [-0.1, -0.05) is 24.3 Å². The second kappa shape index (κ2) is 9.44. The molecule has 2 N–H and O–H groups in total. The number of thiophene rings is 1. The summed E-state index contributed by atoms with van der Waals surface area (Å²) in [6, 6.07) is 20.5. The maximum atomic E-state index is 13.7. The summed E-state index contributed by atoms with van der Waals surface area (Å²) in [5, 5.41) is 11.4. The van der Waals surface area contributed by atoms with Gasteiger partial charge < -0.3 is 10.6 Å². The summed E-state index contributed by atoms with van der Waals surface area (Å²) in [4.78, 5) is 23.6. The Labute approximate surface area is 216 Å². The molecular formula is C29H31N5OS. The number of rotatable bonds is 4. The Morgan fingerprint density at radius 2 is 1.86 bits per heavy atom. The number of carbonyl (C=O) groups is 1. The molecule has 2 atom stereocenters. The molecule has 5 rings (SSSR count). The van der Waals surface area contributed by atoms with Gasteiger partial charge >= 0.3 is 0 Å². The van der Waals surface area contributed by atoms with Crippen LogP contribution < -0.4 is 10.6 Å². The highest BCUT2D eigenvalue weighted by atomic mass is 32.1. The van der Waals surface area contributed by atoms with Crippen LogP contribution in [-0.2, 0) is 10.3 Å². The van der Waals surface area contributed by atoms with Crippen LogP contribution in [0.25, 0.3) is 11.1 Å². The Bertz CT molecular complexity index is 1360. The monoisotopic (exact) mass is 497 g/mol. The zero-order chi connectivity index (χ0) is 25.4. The highest BCUT2D eigenvalue weighted by molar-refractivity contribution is 7.10. The summed E-state index contributed by atoms with van der Waals surface area (Å²) < 4.78 is 0. The summed E-state index contributed by atoms with van der Waals surface area (Å²) in [5.74, 6) is 0.222. The van der Waals surface area contributed by atoms with Gasteiger partial charge in [0.25, 0.3) is 0 Å². The molecule has 184 valence electrons. The maximum Gasteiger partial charge on any atom is 0.235 e. The molecule has 0 saturated carbocycles. The van der Waals surface area contributed by atoms with Crippen LogP contribution in [0.2, 0.25) is 0 Å². The number of benzene rings is 2. The van der Waals surface area contributed by atoms with Gasteiger partial charge in [0, 0.05) is 30.7 Å². The van der Waals surface area contributed by atoms with E-state index >= 15 is 0 Å². The number of guanidine groups is 1. The van der Waals surface area contributed by atoms with E-state index in [0.29, 0.717) is 5.56 Å². The second-order valence-electron chi connectivity index (χ2n) is 10.0. The number of piperidine rings is 1. The van der Waals surface area contributed by atoms with Crippen LogP contribution in [0.4, 0.5) is 5.69 Å². The lowest BCUT2D eigenvalue weighted by atomic mass is 9.70. The molecule has 3 heterocycles. The van der Waals surface area contributed by atoms with Crippen LogP contribution in [-0.4, -0.2) is 36.9 Å². The average Bonchev–Trinajstić information content (AvgIpc) is 3.39. The van der Waals surface area contributed by atoms with E-state index < -0.39 is 5.54 Å². The molecule has 0 unspecified atom stereocenters. The van der Waals surface area contributed by atoms with Crippen LogP contribution >= 0.6 is 11.3 Å². The van der Waals surface area contributed by atoms with E-state index in [9.17, 15) is 10.1 Å². The predicted molar refractivity (Wildman–Crippen MR) is 146 cm³/mol. The van der Waals surface area contributed by atoms with Crippen molar-refractivity contribution in [3.8, 4) is 17.2 Å². The SMILES string of the molecule is Cc1cccc(N2CCC([C@@H]3C(=O)N(C)C(N)=N[C@]3(C)c3cc(-c4cccc(C#N)c4)cs3)CC2)c1. The fourth-order valence-corrected chi connectivity index (χ4v) is 6.71. The van der Waals surface area contributed by atoms with Crippen LogP contribution in [0.15, 0.2) is 65.0 Å².